The van der Waals surface area contributed by atoms with Gasteiger partial charge in [0.1, 0.15) is 0 Å². The summed E-state index contributed by atoms with van der Waals surface area (Å²) in [7, 11) is -2.10. The molecule has 2 aromatic rings. The largest absolute Gasteiger partial charge is 0.348 e. The molecule has 0 aliphatic heterocycles. The van der Waals surface area contributed by atoms with Crippen LogP contribution in [0.15, 0.2) is 53.7 Å². The Morgan fingerprint density at radius 2 is 2.00 bits per heavy atom. The number of rotatable bonds is 6. The predicted octanol–water partition coefficient (Wildman–Crippen LogP) is 2.04. The van der Waals surface area contributed by atoms with E-state index in [-0.39, 0.29) is 16.8 Å². The summed E-state index contributed by atoms with van der Waals surface area (Å²) in [5.41, 5.74) is 1.17. The Balaban J connectivity index is 2.16. The second kappa shape index (κ2) is 7.55. The van der Waals surface area contributed by atoms with Crippen LogP contribution >= 0.6 is 0 Å². The van der Waals surface area contributed by atoms with E-state index in [2.05, 4.69) is 10.3 Å². The summed E-state index contributed by atoms with van der Waals surface area (Å²) in [6.07, 6.45) is 3.32. The van der Waals surface area contributed by atoms with Crippen molar-refractivity contribution in [3.63, 3.8) is 0 Å². The number of hydrogen-bond acceptors (Lipinski definition) is 4. The zero-order valence-corrected chi connectivity index (χ0v) is 14.7. The molecule has 0 atom stereocenters. The molecule has 2 rings (SSSR count). The highest BCUT2D eigenvalue weighted by atomic mass is 32.2. The zero-order valence-electron chi connectivity index (χ0n) is 13.9. The maximum absolute atomic E-state index is 12.5. The molecule has 1 N–H and O–H groups in total. The molecule has 0 bridgehead atoms. The van der Waals surface area contributed by atoms with Gasteiger partial charge in [0.25, 0.3) is 5.91 Å². The highest BCUT2D eigenvalue weighted by Gasteiger charge is 2.23. The molecule has 1 amide bonds. The van der Waals surface area contributed by atoms with E-state index in [4.69, 9.17) is 0 Å². The first kappa shape index (κ1) is 18.1. The van der Waals surface area contributed by atoms with Crippen molar-refractivity contribution in [1.29, 1.82) is 0 Å². The number of aromatic nitrogens is 1. The second-order valence-corrected chi connectivity index (χ2v) is 7.68. The first-order valence-corrected chi connectivity index (χ1v) is 9.01. The third-order valence-electron chi connectivity index (χ3n) is 3.68. The van der Waals surface area contributed by atoms with Crippen LogP contribution < -0.4 is 5.32 Å². The van der Waals surface area contributed by atoms with E-state index in [1.165, 1.54) is 23.5 Å². The fourth-order valence-electron chi connectivity index (χ4n) is 2.03. The van der Waals surface area contributed by atoms with Gasteiger partial charge in [0.15, 0.2) is 0 Å². The van der Waals surface area contributed by atoms with Crippen molar-refractivity contribution >= 4 is 15.9 Å². The smallest absolute Gasteiger partial charge is 0.251 e. The number of pyridine rings is 1. The van der Waals surface area contributed by atoms with Gasteiger partial charge in [-0.15, -0.1) is 0 Å². The summed E-state index contributed by atoms with van der Waals surface area (Å²) in [5.74, 6) is -0.330. The molecule has 1 heterocycles. The minimum absolute atomic E-state index is 0.104. The molecule has 0 aliphatic rings. The average molecular weight is 347 g/mol. The first-order chi connectivity index (χ1) is 11.3. The molecule has 128 valence electrons. The highest BCUT2D eigenvalue weighted by molar-refractivity contribution is 7.89. The average Bonchev–Trinajstić information content (AvgIpc) is 2.59. The van der Waals surface area contributed by atoms with Crippen molar-refractivity contribution in [2.75, 3.05) is 7.05 Å². The minimum Gasteiger partial charge on any atom is -0.348 e. The van der Waals surface area contributed by atoms with E-state index in [1.807, 2.05) is 6.07 Å². The maximum Gasteiger partial charge on any atom is 0.251 e. The Morgan fingerprint density at radius 1 is 1.25 bits per heavy atom. The van der Waals surface area contributed by atoms with Gasteiger partial charge in [-0.25, -0.2) is 8.42 Å². The molecule has 24 heavy (non-hydrogen) atoms. The fraction of sp³-hybridized carbons (Fsp3) is 0.294. The summed E-state index contributed by atoms with van der Waals surface area (Å²) in [4.78, 5) is 16.3. The van der Waals surface area contributed by atoms with Crippen LogP contribution in [0.25, 0.3) is 0 Å². The van der Waals surface area contributed by atoms with E-state index >= 15 is 0 Å². The first-order valence-electron chi connectivity index (χ1n) is 7.57. The number of carbonyl (C=O) groups excluding carboxylic acids is 1. The Labute approximate surface area is 142 Å². The van der Waals surface area contributed by atoms with Gasteiger partial charge < -0.3 is 5.32 Å². The molecule has 1 aromatic carbocycles. The quantitative estimate of drug-likeness (QED) is 0.867. The second-order valence-electron chi connectivity index (χ2n) is 5.69. The molecular formula is C17H21N3O3S. The van der Waals surface area contributed by atoms with Crippen LogP contribution in [0.3, 0.4) is 0 Å². The molecule has 0 spiro atoms. The number of hydrogen-bond donors (Lipinski definition) is 1. The van der Waals surface area contributed by atoms with Crippen LogP contribution in [0.1, 0.15) is 29.8 Å². The Morgan fingerprint density at radius 3 is 2.62 bits per heavy atom. The molecule has 7 heteroatoms. The summed E-state index contributed by atoms with van der Waals surface area (Å²) < 4.78 is 26.3. The monoisotopic (exact) mass is 347 g/mol. The molecule has 0 radical (unpaired) electrons. The molecule has 0 unspecified atom stereocenters. The lowest BCUT2D eigenvalue weighted by atomic mass is 10.2. The van der Waals surface area contributed by atoms with Crippen LogP contribution in [-0.4, -0.2) is 36.7 Å². The van der Waals surface area contributed by atoms with Gasteiger partial charge in [-0.05, 0) is 43.7 Å². The molecule has 0 aliphatic carbocycles. The fourth-order valence-corrected chi connectivity index (χ4v) is 3.44. The summed E-state index contributed by atoms with van der Waals surface area (Å²) in [5, 5.41) is 2.76. The number of benzene rings is 1. The van der Waals surface area contributed by atoms with Crippen LogP contribution in [0.4, 0.5) is 0 Å². The van der Waals surface area contributed by atoms with Crippen molar-refractivity contribution in [1.82, 2.24) is 14.6 Å². The SMILES string of the molecule is CC(C)N(C)S(=O)(=O)c1cccc(C(=O)NCc2cccnc2)c1. The molecule has 6 nitrogen and oxygen atoms in total. The molecule has 1 aromatic heterocycles. The van der Waals surface area contributed by atoms with E-state index in [0.29, 0.717) is 12.1 Å². The maximum atomic E-state index is 12.5. The van der Waals surface area contributed by atoms with Crippen LogP contribution in [0, 0.1) is 0 Å². The van der Waals surface area contributed by atoms with Crippen LogP contribution in [0.5, 0.6) is 0 Å². The van der Waals surface area contributed by atoms with Crippen molar-refractivity contribution < 1.29 is 13.2 Å². The molecule has 0 saturated heterocycles. The van der Waals surface area contributed by atoms with Gasteiger partial charge in [-0.2, -0.15) is 4.31 Å². The van der Waals surface area contributed by atoms with Crippen LogP contribution in [-0.2, 0) is 16.6 Å². The van der Waals surface area contributed by atoms with Crippen molar-refractivity contribution in [2.24, 2.45) is 0 Å². The Bertz CT molecular complexity index is 805. The van der Waals surface area contributed by atoms with Gasteiger partial charge in [0.2, 0.25) is 10.0 Å². The molecule has 0 fully saturated rings. The summed E-state index contributed by atoms with van der Waals surface area (Å²) in [6.45, 7) is 3.92. The number of nitrogens with one attached hydrogen (secondary N) is 1. The van der Waals surface area contributed by atoms with Gasteiger partial charge in [0, 0.05) is 37.6 Å². The molecular weight excluding hydrogens is 326 g/mol. The Kier molecular flexibility index (Phi) is 5.69. The number of nitrogens with zero attached hydrogens (tertiary/aromatic N) is 2. The number of amides is 1. The van der Waals surface area contributed by atoms with Crippen molar-refractivity contribution in [2.45, 2.75) is 31.3 Å². The normalized spacial score (nSPS) is 11.7. The summed E-state index contributed by atoms with van der Waals surface area (Å²) in [6, 6.07) is 9.52. The van der Waals surface area contributed by atoms with Gasteiger partial charge in [0.05, 0.1) is 4.90 Å². The summed E-state index contributed by atoms with van der Waals surface area (Å²) >= 11 is 0. The number of sulfonamides is 1. The third kappa shape index (κ3) is 4.18. The number of carbonyl (C=O) groups is 1. The van der Waals surface area contributed by atoms with E-state index < -0.39 is 10.0 Å². The van der Waals surface area contributed by atoms with E-state index in [0.717, 1.165) is 5.56 Å². The van der Waals surface area contributed by atoms with Crippen molar-refractivity contribution in [3.8, 4) is 0 Å². The van der Waals surface area contributed by atoms with Crippen LogP contribution in [0.2, 0.25) is 0 Å². The topological polar surface area (TPSA) is 79.4 Å². The van der Waals surface area contributed by atoms with E-state index in [1.54, 1.807) is 44.4 Å². The minimum atomic E-state index is -3.62. The predicted molar refractivity (Wildman–Crippen MR) is 91.9 cm³/mol. The van der Waals surface area contributed by atoms with Gasteiger partial charge >= 0.3 is 0 Å². The standard InChI is InChI=1S/C17H21N3O3S/c1-13(2)20(3)24(22,23)16-8-4-7-15(10-16)17(21)19-12-14-6-5-9-18-11-14/h4-11,13H,12H2,1-3H3,(H,19,21). The lowest BCUT2D eigenvalue weighted by Crippen LogP contribution is -2.33. The molecule has 0 saturated carbocycles. The highest BCUT2D eigenvalue weighted by Crippen LogP contribution is 2.18. The van der Waals surface area contributed by atoms with Crippen molar-refractivity contribution in [3.05, 3.63) is 59.9 Å². The zero-order chi connectivity index (χ0) is 17.7. The lowest BCUT2D eigenvalue weighted by molar-refractivity contribution is 0.0950. The van der Waals surface area contributed by atoms with E-state index in [9.17, 15) is 13.2 Å². The third-order valence-corrected chi connectivity index (χ3v) is 5.71. The van der Waals surface area contributed by atoms with Gasteiger partial charge in [-0.1, -0.05) is 12.1 Å². The van der Waals surface area contributed by atoms with Gasteiger partial charge in [-0.3, -0.25) is 9.78 Å². The lowest BCUT2D eigenvalue weighted by Gasteiger charge is -2.21. The Hall–Kier alpha value is -2.25.